The van der Waals surface area contributed by atoms with Crippen molar-refractivity contribution in [2.24, 2.45) is 0 Å². The normalized spacial score (nSPS) is 18.8. The molecule has 4 N–H and O–H groups in total. The molecule has 4 heteroatoms. The van der Waals surface area contributed by atoms with Crippen LogP contribution in [0.4, 0.5) is 5.69 Å². The molecule has 2 rings (SSSR count). The highest BCUT2D eigenvalue weighted by Gasteiger charge is 2.21. The van der Waals surface area contributed by atoms with Crippen molar-refractivity contribution in [3.63, 3.8) is 0 Å². The van der Waals surface area contributed by atoms with Crippen LogP contribution in [0.1, 0.15) is 11.6 Å². The Morgan fingerprint density at radius 2 is 2.40 bits per heavy atom. The first-order valence-corrected chi connectivity index (χ1v) is 3.37. The van der Waals surface area contributed by atoms with Gasteiger partial charge in [0.05, 0.1) is 17.6 Å². The number of aromatic amines is 1. The Bertz CT molecular complexity index is 225. The average molecular weight is 138 g/mol. The van der Waals surface area contributed by atoms with Crippen LogP contribution in [-0.2, 0) is 0 Å². The molecule has 1 fully saturated rings. The van der Waals surface area contributed by atoms with Gasteiger partial charge in [-0.25, -0.2) is 0 Å². The first-order chi connectivity index (χ1) is 4.88. The summed E-state index contributed by atoms with van der Waals surface area (Å²) < 4.78 is 0. The van der Waals surface area contributed by atoms with E-state index in [0.29, 0.717) is 5.92 Å². The zero-order valence-corrected chi connectivity index (χ0v) is 5.59. The molecule has 0 aliphatic carbocycles. The predicted octanol–water partition coefficient (Wildman–Crippen LogP) is -0.321. The fraction of sp³-hybridized carbons (Fsp3) is 0.500. The van der Waals surface area contributed by atoms with Crippen LogP contribution in [0.2, 0.25) is 0 Å². The van der Waals surface area contributed by atoms with Crippen LogP contribution >= 0.6 is 0 Å². The molecule has 0 saturated carbocycles. The van der Waals surface area contributed by atoms with Crippen molar-refractivity contribution in [3.8, 4) is 0 Å². The van der Waals surface area contributed by atoms with Crippen molar-refractivity contribution in [1.82, 2.24) is 15.5 Å². The highest BCUT2D eigenvalue weighted by atomic mass is 15.1. The number of nitrogens with zero attached hydrogens (tertiary/aromatic N) is 1. The quantitative estimate of drug-likeness (QED) is 0.498. The van der Waals surface area contributed by atoms with Gasteiger partial charge in [-0.1, -0.05) is 0 Å². The van der Waals surface area contributed by atoms with E-state index in [1.54, 1.807) is 6.20 Å². The fourth-order valence-corrected chi connectivity index (χ4v) is 1.13. The number of rotatable bonds is 1. The lowest BCUT2D eigenvalue weighted by atomic mass is 9.99. The summed E-state index contributed by atoms with van der Waals surface area (Å²) in [6, 6.07) is 0. The van der Waals surface area contributed by atoms with Gasteiger partial charge in [-0.05, 0) is 0 Å². The minimum absolute atomic E-state index is 0.558. The third-order valence-corrected chi connectivity index (χ3v) is 1.89. The van der Waals surface area contributed by atoms with Crippen molar-refractivity contribution in [2.75, 3.05) is 18.8 Å². The van der Waals surface area contributed by atoms with Gasteiger partial charge in [-0.15, -0.1) is 0 Å². The summed E-state index contributed by atoms with van der Waals surface area (Å²) >= 11 is 0. The van der Waals surface area contributed by atoms with Gasteiger partial charge in [0.2, 0.25) is 0 Å². The van der Waals surface area contributed by atoms with E-state index >= 15 is 0 Å². The Kier molecular flexibility index (Phi) is 1.14. The molecule has 4 nitrogen and oxygen atoms in total. The lowest BCUT2D eigenvalue weighted by Crippen LogP contribution is -2.40. The van der Waals surface area contributed by atoms with Crippen LogP contribution in [0.5, 0.6) is 0 Å². The molecule has 1 aliphatic rings. The van der Waals surface area contributed by atoms with E-state index in [9.17, 15) is 0 Å². The second-order valence-electron chi connectivity index (χ2n) is 2.59. The number of nitrogens with two attached hydrogens (primary N) is 1. The minimum atomic E-state index is 0.558. The Labute approximate surface area is 58.8 Å². The smallest absolute Gasteiger partial charge is 0.0734 e. The molecule has 54 valence electrons. The molecule has 0 spiro atoms. The lowest BCUT2D eigenvalue weighted by molar-refractivity contribution is 0.440. The molecule has 0 amide bonds. The molecule has 0 bridgehead atoms. The van der Waals surface area contributed by atoms with Gasteiger partial charge in [0, 0.05) is 19.0 Å². The zero-order valence-electron chi connectivity index (χ0n) is 5.59. The summed E-state index contributed by atoms with van der Waals surface area (Å²) in [6.45, 7) is 2.04. The minimum Gasteiger partial charge on any atom is -0.396 e. The third kappa shape index (κ3) is 0.690. The zero-order chi connectivity index (χ0) is 6.97. The molecule has 1 aromatic heterocycles. The fourth-order valence-electron chi connectivity index (χ4n) is 1.13. The van der Waals surface area contributed by atoms with Gasteiger partial charge in [-0.3, -0.25) is 5.10 Å². The van der Waals surface area contributed by atoms with Crippen molar-refractivity contribution in [2.45, 2.75) is 5.92 Å². The molecular formula is C6H10N4. The molecule has 1 aromatic rings. The number of H-pyrrole nitrogens is 1. The summed E-state index contributed by atoms with van der Waals surface area (Å²) in [6.07, 6.45) is 1.66. The summed E-state index contributed by atoms with van der Waals surface area (Å²) in [5, 5.41) is 9.91. The van der Waals surface area contributed by atoms with E-state index in [1.807, 2.05) is 0 Å². The Morgan fingerprint density at radius 1 is 1.60 bits per heavy atom. The van der Waals surface area contributed by atoms with Crippen molar-refractivity contribution in [3.05, 3.63) is 11.9 Å². The lowest BCUT2D eigenvalue weighted by Gasteiger charge is -2.26. The summed E-state index contributed by atoms with van der Waals surface area (Å²) in [5.41, 5.74) is 7.50. The SMILES string of the molecule is Nc1cn[nH]c1C1CNC1. The van der Waals surface area contributed by atoms with Crippen LogP contribution in [0.25, 0.3) is 0 Å². The topological polar surface area (TPSA) is 66.7 Å². The third-order valence-electron chi connectivity index (χ3n) is 1.89. The van der Waals surface area contributed by atoms with Gasteiger partial charge in [0.15, 0.2) is 0 Å². The average Bonchev–Trinajstić information content (AvgIpc) is 2.12. The second-order valence-corrected chi connectivity index (χ2v) is 2.59. The number of aromatic nitrogens is 2. The number of hydrogen-bond donors (Lipinski definition) is 3. The first-order valence-electron chi connectivity index (χ1n) is 3.37. The molecular weight excluding hydrogens is 128 g/mol. The van der Waals surface area contributed by atoms with Crippen LogP contribution in [0, 0.1) is 0 Å². The molecule has 0 aromatic carbocycles. The number of anilines is 1. The summed E-state index contributed by atoms with van der Waals surface area (Å²) in [7, 11) is 0. The summed E-state index contributed by atoms with van der Waals surface area (Å²) in [5.74, 6) is 0.558. The number of nitrogen functional groups attached to an aromatic ring is 1. The predicted molar refractivity (Wildman–Crippen MR) is 38.6 cm³/mol. The van der Waals surface area contributed by atoms with Crippen molar-refractivity contribution < 1.29 is 0 Å². The molecule has 0 unspecified atom stereocenters. The molecule has 0 radical (unpaired) electrons. The standard InChI is InChI=1S/C6H10N4/c7-5-3-9-10-6(5)4-1-8-2-4/h3-4,8H,1-2,7H2,(H,9,10). The van der Waals surface area contributed by atoms with E-state index in [2.05, 4.69) is 15.5 Å². The maximum absolute atomic E-state index is 5.63. The number of hydrogen-bond acceptors (Lipinski definition) is 3. The van der Waals surface area contributed by atoms with Gasteiger partial charge >= 0.3 is 0 Å². The van der Waals surface area contributed by atoms with Crippen LogP contribution in [0.3, 0.4) is 0 Å². The number of nitrogens with one attached hydrogen (secondary N) is 2. The second kappa shape index (κ2) is 1.98. The van der Waals surface area contributed by atoms with E-state index in [-0.39, 0.29) is 0 Å². The molecule has 1 saturated heterocycles. The largest absolute Gasteiger partial charge is 0.396 e. The Morgan fingerprint density at radius 3 is 2.80 bits per heavy atom. The summed E-state index contributed by atoms with van der Waals surface area (Å²) in [4.78, 5) is 0. The van der Waals surface area contributed by atoms with Gasteiger partial charge in [0.1, 0.15) is 0 Å². The van der Waals surface area contributed by atoms with Crippen molar-refractivity contribution >= 4 is 5.69 Å². The molecule has 2 heterocycles. The van der Waals surface area contributed by atoms with E-state index in [0.717, 1.165) is 24.5 Å². The van der Waals surface area contributed by atoms with Gasteiger partial charge < -0.3 is 11.1 Å². The molecule has 10 heavy (non-hydrogen) atoms. The van der Waals surface area contributed by atoms with Crippen LogP contribution in [0.15, 0.2) is 6.20 Å². The van der Waals surface area contributed by atoms with E-state index in [1.165, 1.54) is 0 Å². The first kappa shape index (κ1) is 5.73. The molecule has 0 atom stereocenters. The monoisotopic (exact) mass is 138 g/mol. The van der Waals surface area contributed by atoms with Crippen LogP contribution in [-0.4, -0.2) is 23.3 Å². The highest BCUT2D eigenvalue weighted by molar-refractivity contribution is 5.43. The van der Waals surface area contributed by atoms with E-state index < -0.39 is 0 Å². The molecule has 1 aliphatic heterocycles. The van der Waals surface area contributed by atoms with Crippen molar-refractivity contribution in [1.29, 1.82) is 0 Å². The highest BCUT2D eigenvalue weighted by Crippen LogP contribution is 2.21. The maximum atomic E-state index is 5.63. The maximum Gasteiger partial charge on any atom is 0.0734 e. The van der Waals surface area contributed by atoms with Gasteiger partial charge in [0.25, 0.3) is 0 Å². The van der Waals surface area contributed by atoms with Gasteiger partial charge in [-0.2, -0.15) is 5.10 Å². The van der Waals surface area contributed by atoms with E-state index in [4.69, 9.17) is 5.73 Å². The Hall–Kier alpha value is -1.03. The van der Waals surface area contributed by atoms with Crippen LogP contribution < -0.4 is 11.1 Å². The Balaban J connectivity index is 2.23.